The highest BCUT2D eigenvalue weighted by molar-refractivity contribution is 5.73. The molecule has 1 heterocycles. The molecule has 0 saturated carbocycles. The molecule has 0 aliphatic heterocycles. The van der Waals surface area contributed by atoms with E-state index in [4.69, 9.17) is 5.11 Å². The molecular weight excluding hydrogens is 218 g/mol. The molecule has 5 nitrogen and oxygen atoms in total. The van der Waals surface area contributed by atoms with Crippen LogP contribution in [0, 0.1) is 12.8 Å². The van der Waals surface area contributed by atoms with Crippen LogP contribution in [0.2, 0.25) is 0 Å². The first kappa shape index (κ1) is 13.6. The van der Waals surface area contributed by atoms with Crippen LogP contribution in [0.4, 0.5) is 0 Å². The first-order valence-electron chi connectivity index (χ1n) is 5.72. The molecule has 0 radical (unpaired) electrons. The van der Waals surface area contributed by atoms with E-state index in [1.807, 2.05) is 20.8 Å². The Morgan fingerprint density at radius 3 is 2.47 bits per heavy atom. The van der Waals surface area contributed by atoms with Crippen molar-refractivity contribution in [3.8, 4) is 0 Å². The van der Waals surface area contributed by atoms with Crippen molar-refractivity contribution in [2.45, 2.75) is 39.8 Å². The highest BCUT2D eigenvalue weighted by Crippen LogP contribution is 2.06. The molecule has 0 spiro atoms. The number of nitrogens with zero attached hydrogens (tertiary/aromatic N) is 2. The summed E-state index contributed by atoms with van der Waals surface area (Å²) in [5.41, 5.74) is 0.894. The van der Waals surface area contributed by atoms with Crippen molar-refractivity contribution in [3.05, 3.63) is 23.8 Å². The lowest BCUT2D eigenvalue weighted by atomic mass is 10.0. The number of rotatable bonds is 6. The molecule has 0 aliphatic carbocycles. The number of carbonyl (C=O) groups is 1. The SMILES string of the molecule is Cc1ncc(CNC(CC(C)C)C(=O)O)cn1. The number of hydrogen-bond donors (Lipinski definition) is 2. The molecule has 0 fully saturated rings. The molecule has 5 heteroatoms. The van der Waals surface area contributed by atoms with Gasteiger partial charge in [-0.2, -0.15) is 0 Å². The van der Waals surface area contributed by atoms with Gasteiger partial charge in [0.15, 0.2) is 0 Å². The van der Waals surface area contributed by atoms with Gasteiger partial charge in [0, 0.05) is 24.5 Å². The molecule has 1 aromatic rings. The van der Waals surface area contributed by atoms with Gasteiger partial charge in [0.1, 0.15) is 11.9 Å². The second-order valence-electron chi connectivity index (χ2n) is 4.54. The van der Waals surface area contributed by atoms with Crippen LogP contribution in [-0.4, -0.2) is 27.1 Å². The molecule has 1 rings (SSSR count). The van der Waals surface area contributed by atoms with E-state index in [9.17, 15) is 4.79 Å². The highest BCUT2D eigenvalue weighted by Gasteiger charge is 2.17. The monoisotopic (exact) mass is 237 g/mol. The maximum absolute atomic E-state index is 11.0. The summed E-state index contributed by atoms with van der Waals surface area (Å²) in [7, 11) is 0. The van der Waals surface area contributed by atoms with Gasteiger partial charge in [0.05, 0.1) is 0 Å². The molecule has 94 valence electrons. The van der Waals surface area contributed by atoms with Crippen LogP contribution in [0.15, 0.2) is 12.4 Å². The average molecular weight is 237 g/mol. The maximum Gasteiger partial charge on any atom is 0.320 e. The third-order valence-electron chi connectivity index (χ3n) is 2.39. The number of aromatic nitrogens is 2. The lowest BCUT2D eigenvalue weighted by molar-refractivity contribution is -0.140. The van der Waals surface area contributed by atoms with E-state index in [-0.39, 0.29) is 0 Å². The number of nitrogens with one attached hydrogen (secondary N) is 1. The number of carboxylic acids is 1. The van der Waals surface area contributed by atoms with Crippen molar-refractivity contribution >= 4 is 5.97 Å². The Labute approximate surface area is 101 Å². The van der Waals surface area contributed by atoms with E-state index >= 15 is 0 Å². The number of hydrogen-bond acceptors (Lipinski definition) is 4. The summed E-state index contributed by atoms with van der Waals surface area (Å²) in [5.74, 6) is 0.246. The Morgan fingerprint density at radius 1 is 1.41 bits per heavy atom. The molecule has 1 aromatic heterocycles. The predicted octanol–water partition coefficient (Wildman–Crippen LogP) is 1.37. The van der Waals surface area contributed by atoms with E-state index in [2.05, 4.69) is 15.3 Å². The van der Waals surface area contributed by atoms with E-state index in [0.29, 0.717) is 24.7 Å². The van der Waals surface area contributed by atoms with Gasteiger partial charge in [0.25, 0.3) is 0 Å². The molecular formula is C12H19N3O2. The van der Waals surface area contributed by atoms with Gasteiger partial charge >= 0.3 is 5.97 Å². The van der Waals surface area contributed by atoms with Gasteiger partial charge in [-0.05, 0) is 19.3 Å². The number of aryl methyl sites for hydroxylation is 1. The zero-order valence-electron chi connectivity index (χ0n) is 10.5. The minimum absolute atomic E-state index is 0.345. The number of carboxylic acid groups (broad SMARTS) is 1. The van der Waals surface area contributed by atoms with Crippen LogP contribution in [0.3, 0.4) is 0 Å². The van der Waals surface area contributed by atoms with E-state index in [1.165, 1.54) is 0 Å². The molecule has 0 bridgehead atoms. The van der Waals surface area contributed by atoms with Gasteiger partial charge in [-0.3, -0.25) is 4.79 Å². The van der Waals surface area contributed by atoms with E-state index < -0.39 is 12.0 Å². The van der Waals surface area contributed by atoms with Gasteiger partial charge < -0.3 is 10.4 Å². The van der Waals surface area contributed by atoms with Crippen LogP contribution >= 0.6 is 0 Å². The molecule has 0 saturated heterocycles. The summed E-state index contributed by atoms with van der Waals surface area (Å²) in [6.07, 6.45) is 4.04. The van der Waals surface area contributed by atoms with Crippen molar-refractivity contribution < 1.29 is 9.90 Å². The van der Waals surface area contributed by atoms with Crippen LogP contribution in [0.1, 0.15) is 31.7 Å². The smallest absolute Gasteiger partial charge is 0.320 e. The summed E-state index contributed by atoms with van der Waals surface area (Å²) in [6.45, 7) is 6.30. The van der Waals surface area contributed by atoms with Crippen LogP contribution < -0.4 is 5.32 Å². The summed E-state index contributed by atoms with van der Waals surface area (Å²) in [6, 6.07) is -0.517. The van der Waals surface area contributed by atoms with E-state index in [0.717, 1.165) is 5.56 Å². The van der Waals surface area contributed by atoms with Crippen molar-refractivity contribution in [1.29, 1.82) is 0 Å². The number of aliphatic carboxylic acids is 1. The first-order chi connectivity index (χ1) is 7.99. The fourth-order valence-electron chi connectivity index (χ4n) is 1.49. The van der Waals surface area contributed by atoms with Crippen LogP contribution in [0.25, 0.3) is 0 Å². The molecule has 2 N–H and O–H groups in total. The molecule has 17 heavy (non-hydrogen) atoms. The molecule has 0 amide bonds. The lowest BCUT2D eigenvalue weighted by Gasteiger charge is -2.16. The highest BCUT2D eigenvalue weighted by atomic mass is 16.4. The Hall–Kier alpha value is -1.49. The first-order valence-corrected chi connectivity index (χ1v) is 5.72. The van der Waals surface area contributed by atoms with Gasteiger partial charge in [-0.25, -0.2) is 9.97 Å². The fraction of sp³-hybridized carbons (Fsp3) is 0.583. The minimum atomic E-state index is -0.813. The summed E-state index contributed by atoms with van der Waals surface area (Å²) >= 11 is 0. The Kier molecular flexibility index (Phi) is 5.03. The Bertz CT molecular complexity index is 363. The van der Waals surface area contributed by atoms with Crippen LogP contribution in [-0.2, 0) is 11.3 Å². The van der Waals surface area contributed by atoms with Gasteiger partial charge in [-0.1, -0.05) is 13.8 Å². The van der Waals surface area contributed by atoms with Crippen molar-refractivity contribution in [2.24, 2.45) is 5.92 Å². The normalized spacial score (nSPS) is 12.7. The van der Waals surface area contributed by atoms with Crippen molar-refractivity contribution in [2.75, 3.05) is 0 Å². The Morgan fingerprint density at radius 2 is 2.00 bits per heavy atom. The van der Waals surface area contributed by atoms with Crippen LogP contribution in [0.5, 0.6) is 0 Å². The quantitative estimate of drug-likeness (QED) is 0.781. The fourth-order valence-corrected chi connectivity index (χ4v) is 1.49. The standard InChI is InChI=1S/C12H19N3O2/c1-8(2)4-11(12(16)17)15-7-10-5-13-9(3)14-6-10/h5-6,8,11,15H,4,7H2,1-3H3,(H,16,17). The second kappa shape index (κ2) is 6.30. The second-order valence-corrected chi connectivity index (χ2v) is 4.54. The molecule has 1 atom stereocenters. The van der Waals surface area contributed by atoms with Gasteiger partial charge in [0.2, 0.25) is 0 Å². The van der Waals surface area contributed by atoms with Crippen molar-refractivity contribution in [3.63, 3.8) is 0 Å². The summed E-state index contributed by atoms with van der Waals surface area (Å²) < 4.78 is 0. The summed E-state index contributed by atoms with van der Waals surface area (Å²) in [5, 5.41) is 12.1. The van der Waals surface area contributed by atoms with Crippen molar-refractivity contribution in [1.82, 2.24) is 15.3 Å². The minimum Gasteiger partial charge on any atom is -0.480 e. The topological polar surface area (TPSA) is 75.1 Å². The predicted molar refractivity (Wildman–Crippen MR) is 64.5 cm³/mol. The third kappa shape index (κ3) is 4.91. The summed E-state index contributed by atoms with van der Waals surface area (Å²) in [4.78, 5) is 19.1. The Balaban J connectivity index is 2.51. The molecule has 0 aliphatic rings. The molecule has 1 unspecified atom stereocenters. The van der Waals surface area contributed by atoms with Gasteiger partial charge in [-0.15, -0.1) is 0 Å². The molecule has 0 aromatic carbocycles. The largest absolute Gasteiger partial charge is 0.480 e. The zero-order chi connectivity index (χ0) is 12.8. The van der Waals surface area contributed by atoms with E-state index in [1.54, 1.807) is 12.4 Å². The average Bonchev–Trinajstić information content (AvgIpc) is 2.25. The maximum atomic E-state index is 11.0. The third-order valence-corrected chi connectivity index (χ3v) is 2.39. The zero-order valence-corrected chi connectivity index (χ0v) is 10.5. The lowest BCUT2D eigenvalue weighted by Crippen LogP contribution is -2.37.